The molecular weight excluding hydrogens is 705 g/mol. The third-order valence-corrected chi connectivity index (χ3v) is 19.3. The van der Waals surface area contributed by atoms with Gasteiger partial charge in [0.2, 0.25) is 0 Å². The number of hydrogen-bond donors (Lipinski definition) is 0. The Balaban J connectivity index is 1.45. The summed E-state index contributed by atoms with van der Waals surface area (Å²) < 4.78 is 5.56. The predicted molar refractivity (Wildman–Crippen MR) is 213 cm³/mol. The summed E-state index contributed by atoms with van der Waals surface area (Å²) in [6.45, 7) is 18.0. The maximum atomic E-state index is 2.38. The van der Waals surface area contributed by atoms with Crippen molar-refractivity contribution in [3.05, 3.63) is 100.0 Å². The third-order valence-electron chi connectivity index (χ3n) is 6.91. The average Bonchev–Trinajstić information content (AvgIpc) is 3.77. The van der Waals surface area contributed by atoms with Crippen molar-refractivity contribution in [3.8, 4) is 0 Å². The van der Waals surface area contributed by atoms with Gasteiger partial charge in [0.05, 0.1) is 16.9 Å². The van der Waals surface area contributed by atoms with E-state index in [2.05, 4.69) is 91.8 Å². The van der Waals surface area contributed by atoms with Crippen molar-refractivity contribution in [1.82, 2.24) is 0 Å². The van der Waals surface area contributed by atoms with Gasteiger partial charge in [0.25, 0.3) is 0 Å². The van der Waals surface area contributed by atoms with Crippen LogP contribution in [0.4, 0.5) is 0 Å². The number of thioether (sulfide) groups is 8. The average molecular weight is 735 g/mol. The first-order chi connectivity index (χ1) is 20.0. The van der Waals surface area contributed by atoms with Gasteiger partial charge in [-0.15, -0.1) is 22.7 Å². The van der Waals surface area contributed by atoms with Crippen molar-refractivity contribution in [2.75, 3.05) is 0 Å². The Bertz CT molecular complexity index is 1550. The SMILES string of the molecule is CC1=C(C)SC(=Cc2ccc(C(=C3SC(C)=C(C)S3)C(=C3SC(C)=C(C)S3)c3ccc(C=C4SC(C)=C(C)S4)s3)s2)S1. The minimum atomic E-state index is 1.32. The number of allylic oxidation sites excluding steroid dienone is 10. The van der Waals surface area contributed by atoms with Crippen LogP contribution in [-0.2, 0) is 0 Å². The molecule has 0 amide bonds. The lowest BCUT2D eigenvalue weighted by Gasteiger charge is -2.16. The molecule has 0 aromatic carbocycles. The van der Waals surface area contributed by atoms with Crippen molar-refractivity contribution < 1.29 is 0 Å². The Labute approximate surface area is 292 Å². The molecule has 0 radical (unpaired) electrons. The Hall–Kier alpha value is 0.120. The molecule has 0 fully saturated rings. The molecule has 4 aliphatic heterocycles. The summed E-state index contributed by atoms with van der Waals surface area (Å²) in [7, 11) is 0. The number of thiophene rings is 2. The molecule has 42 heavy (non-hydrogen) atoms. The molecule has 0 bridgehead atoms. The first kappa shape index (κ1) is 32.1. The van der Waals surface area contributed by atoms with Crippen LogP contribution in [0, 0.1) is 0 Å². The van der Waals surface area contributed by atoms with Gasteiger partial charge in [-0.25, -0.2) is 0 Å². The molecule has 0 aliphatic carbocycles. The quantitative estimate of drug-likeness (QED) is 0.294. The highest BCUT2D eigenvalue weighted by Crippen LogP contribution is 2.60. The second kappa shape index (κ2) is 13.5. The van der Waals surface area contributed by atoms with E-state index in [1.54, 1.807) is 0 Å². The Morgan fingerprint density at radius 2 is 0.690 bits per heavy atom. The topological polar surface area (TPSA) is 0 Å². The fraction of sp³-hybridized carbons (Fsp3) is 0.250. The van der Waals surface area contributed by atoms with Crippen molar-refractivity contribution in [2.45, 2.75) is 55.4 Å². The maximum absolute atomic E-state index is 2.38. The molecule has 0 atom stereocenters. The van der Waals surface area contributed by atoms with Gasteiger partial charge in [-0.2, -0.15) is 0 Å². The Morgan fingerprint density at radius 1 is 0.405 bits per heavy atom. The number of rotatable bonds is 5. The first-order valence-corrected chi connectivity index (χ1v) is 21.5. The Morgan fingerprint density at radius 3 is 1.00 bits per heavy atom. The molecule has 218 valence electrons. The molecule has 6 rings (SSSR count). The summed E-state index contributed by atoms with van der Waals surface area (Å²) in [5.41, 5.74) is 2.79. The second-order valence-corrected chi connectivity index (χ2v) is 23.1. The van der Waals surface area contributed by atoms with E-state index in [1.165, 1.54) is 86.8 Å². The van der Waals surface area contributed by atoms with E-state index in [4.69, 9.17) is 0 Å². The van der Waals surface area contributed by atoms with E-state index < -0.39 is 0 Å². The third kappa shape index (κ3) is 6.93. The molecule has 10 heteroatoms. The van der Waals surface area contributed by atoms with Crippen molar-refractivity contribution in [1.29, 1.82) is 0 Å². The van der Waals surface area contributed by atoms with Crippen molar-refractivity contribution >= 4 is 140 Å². The smallest absolute Gasteiger partial charge is 0.0586 e. The molecule has 2 aromatic rings. The van der Waals surface area contributed by atoms with Crippen LogP contribution in [0.3, 0.4) is 0 Å². The summed E-state index contributed by atoms with van der Waals surface area (Å²) in [4.78, 5) is 16.7. The van der Waals surface area contributed by atoms with Gasteiger partial charge in [-0.1, -0.05) is 94.1 Å². The van der Waals surface area contributed by atoms with Gasteiger partial charge in [0, 0.05) is 30.7 Å². The highest BCUT2D eigenvalue weighted by Gasteiger charge is 2.30. The lowest BCUT2D eigenvalue weighted by molar-refractivity contribution is 1.57. The minimum Gasteiger partial charge on any atom is -0.136 e. The van der Waals surface area contributed by atoms with Crippen LogP contribution in [0.5, 0.6) is 0 Å². The lowest BCUT2D eigenvalue weighted by atomic mass is 10.1. The highest BCUT2D eigenvalue weighted by atomic mass is 32.2. The fourth-order valence-electron chi connectivity index (χ4n) is 4.15. The maximum Gasteiger partial charge on any atom is 0.0586 e. The zero-order valence-electron chi connectivity index (χ0n) is 24.5. The van der Waals surface area contributed by atoms with Gasteiger partial charge < -0.3 is 0 Å². The van der Waals surface area contributed by atoms with Crippen LogP contribution in [0.1, 0.15) is 74.9 Å². The van der Waals surface area contributed by atoms with E-state index >= 15 is 0 Å². The predicted octanol–water partition coefficient (Wildman–Crippen LogP) is 15.4. The number of hydrogen-bond acceptors (Lipinski definition) is 10. The molecule has 4 aliphatic rings. The Kier molecular flexibility index (Phi) is 10.3. The molecule has 0 spiro atoms. The van der Waals surface area contributed by atoms with E-state index in [0.717, 1.165) is 0 Å². The zero-order valence-corrected chi connectivity index (χ0v) is 32.7. The summed E-state index contributed by atoms with van der Waals surface area (Å²) in [5, 5.41) is 0. The van der Waals surface area contributed by atoms with Gasteiger partial charge in [-0.05, 0) is 131 Å². The van der Waals surface area contributed by atoms with Gasteiger partial charge in [0.15, 0.2) is 0 Å². The van der Waals surface area contributed by atoms with E-state index in [0.29, 0.717) is 0 Å². The van der Waals surface area contributed by atoms with Crippen LogP contribution in [-0.4, -0.2) is 0 Å². The summed E-state index contributed by atoms with van der Waals surface area (Å²) in [6.07, 6.45) is 4.75. The zero-order chi connectivity index (χ0) is 29.7. The highest BCUT2D eigenvalue weighted by molar-refractivity contribution is 8.30. The van der Waals surface area contributed by atoms with E-state index in [-0.39, 0.29) is 0 Å². The minimum absolute atomic E-state index is 1.32. The van der Waals surface area contributed by atoms with Crippen LogP contribution >= 0.6 is 117 Å². The summed E-state index contributed by atoms with van der Waals surface area (Å²) >= 11 is 19.3. The largest absolute Gasteiger partial charge is 0.136 e. The molecule has 0 N–H and O–H groups in total. The van der Waals surface area contributed by atoms with Crippen LogP contribution in [0.15, 0.2) is 80.5 Å². The summed E-state index contributed by atoms with van der Waals surface area (Å²) in [5.74, 6) is 0. The normalized spacial score (nSPS) is 19.5. The van der Waals surface area contributed by atoms with Crippen LogP contribution in [0.2, 0.25) is 0 Å². The van der Waals surface area contributed by atoms with Crippen molar-refractivity contribution in [2.24, 2.45) is 0 Å². The second-order valence-electron chi connectivity index (χ2n) is 9.92. The fourth-order valence-corrected chi connectivity index (χ4v) is 16.9. The van der Waals surface area contributed by atoms with Gasteiger partial charge in [-0.3, -0.25) is 0 Å². The van der Waals surface area contributed by atoms with E-state index in [9.17, 15) is 0 Å². The molecule has 0 nitrogen and oxygen atoms in total. The summed E-state index contributed by atoms with van der Waals surface area (Å²) in [6, 6.07) is 9.35. The van der Waals surface area contributed by atoms with Crippen molar-refractivity contribution in [3.63, 3.8) is 0 Å². The molecular formula is C32H30S10. The standard InChI is InChI=1S/C32H30S10/c1-15-16(2)34-27(33-15)13-23-9-11-25(41-23)29(31-37-19(5)20(6)38-31)30(32-39-21(7)22(8)40-32)26-12-10-24(42-26)14-28-35-17(3)18(4)36-28/h9-14H,1-8H3. The van der Waals surface area contributed by atoms with E-state index in [1.807, 2.05) is 117 Å². The molecule has 0 unspecified atom stereocenters. The molecule has 0 saturated heterocycles. The van der Waals surface area contributed by atoms with Gasteiger partial charge in [0.1, 0.15) is 0 Å². The lowest BCUT2D eigenvalue weighted by Crippen LogP contribution is -1.91. The monoisotopic (exact) mass is 734 g/mol. The molecule has 2 aromatic heterocycles. The van der Waals surface area contributed by atoms with Crippen LogP contribution < -0.4 is 0 Å². The van der Waals surface area contributed by atoms with Gasteiger partial charge >= 0.3 is 0 Å². The van der Waals surface area contributed by atoms with Crippen LogP contribution in [0.25, 0.3) is 23.3 Å². The molecule has 0 saturated carbocycles. The first-order valence-electron chi connectivity index (χ1n) is 13.3. The molecule has 6 heterocycles.